The van der Waals surface area contributed by atoms with Crippen molar-refractivity contribution < 1.29 is 18.9 Å². The molecule has 8 bridgehead atoms. The van der Waals surface area contributed by atoms with Gasteiger partial charge in [-0.1, -0.05) is 0 Å². The molecular weight excluding hydrogens is 480 g/mol. The van der Waals surface area contributed by atoms with Crippen molar-refractivity contribution in [2.24, 2.45) is 20.0 Å². The Morgan fingerprint density at radius 1 is 0.500 bits per heavy atom. The van der Waals surface area contributed by atoms with Crippen LogP contribution in [-0.4, -0.2) is 51.3 Å². The number of benzene rings is 1. The maximum Gasteiger partial charge on any atom is 0.207 e. The molecule has 5 aliphatic heterocycles. The smallest absolute Gasteiger partial charge is 0.207 e. The van der Waals surface area contributed by atoms with Crippen molar-refractivity contribution in [3.05, 3.63) is 101 Å². The van der Waals surface area contributed by atoms with Gasteiger partial charge in [0.1, 0.15) is 0 Å². The standard InChI is InChI=1S/C30H24N4O4/c1-35-26-16-23(28(36-2)30(38-4)29(26)37-3)27-24-11-9-21(33-24)14-19-7-5-17(31-19)13-18-6-8-20(32-18)15-22-10-12-25(27)34-22/h5-16H,1-4H3. The van der Waals surface area contributed by atoms with E-state index < -0.39 is 0 Å². The fourth-order valence-corrected chi connectivity index (χ4v) is 4.69. The van der Waals surface area contributed by atoms with Gasteiger partial charge >= 0.3 is 0 Å². The Kier molecular flexibility index (Phi) is 5.84. The van der Waals surface area contributed by atoms with Crippen LogP contribution in [0.1, 0.15) is 5.56 Å². The molecule has 8 heteroatoms. The van der Waals surface area contributed by atoms with E-state index in [0.717, 1.165) is 39.8 Å². The molecule has 0 fully saturated rings. The molecule has 5 heterocycles. The van der Waals surface area contributed by atoms with Crippen LogP contribution in [0.15, 0.2) is 116 Å². The van der Waals surface area contributed by atoms with Crippen LogP contribution in [0.5, 0.6) is 23.0 Å². The van der Waals surface area contributed by atoms with Crippen LogP contribution in [-0.2, 0) is 0 Å². The predicted octanol–water partition coefficient (Wildman–Crippen LogP) is 5.14. The minimum atomic E-state index is 0.416. The van der Waals surface area contributed by atoms with Gasteiger partial charge in [0.15, 0.2) is 11.5 Å². The molecule has 0 aromatic heterocycles. The lowest BCUT2D eigenvalue weighted by atomic mass is 9.96. The third kappa shape index (κ3) is 4.06. The lowest BCUT2D eigenvalue weighted by Crippen LogP contribution is -2.06. The van der Waals surface area contributed by atoms with Gasteiger partial charge in [-0.3, -0.25) is 0 Å². The van der Waals surface area contributed by atoms with Crippen molar-refractivity contribution in [3.63, 3.8) is 0 Å². The zero-order valence-electron chi connectivity index (χ0n) is 21.4. The molecule has 0 aliphatic carbocycles. The molecule has 0 atom stereocenters. The fourth-order valence-electron chi connectivity index (χ4n) is 4.69. The molecule has 0 amide bonds. The number of ether oxygens (including phenoxy) is 4. The Balaban J connectivity index is 1.62. The summed E-state index contributed by atoms with van der Waals surface area (Å²) in [6.45, 7) is 0. The molecule has 0 saturated heterocycles. The van der Waals surface area contributed by atoms with Crippen molar-refractivity contribution in [2.45, 2.75) is 0 Å². The zero-order chi connectivity index (χ0) is 26.2. The number of rotatable bonds is 5. The second-order valence-electron chi connectivity index (χ2n) is 8.63. The number of hydrogen-bond donors (Lipinski definition) is 0. The van der Waals surface area contributed by atoms with E-state index >= 15 is 0 Å². The number of allylic oxidation sites excluding steroid dienone is 12. The van der Waals surface area contributed by atoms with Gasteiger partial charge < -0.3 is 18.9 Å². The third-order valence-corrected chi connectivity index (χ3v) is 6.35. The summed E-state index contributed by atoms with van der Waals surface area (Å²) in [7, 11) is 6.30. The van der Waals surface area contributed by atoms with Gasteiger partial charge in [-0.15, -0.1) is 0 Å². The largest absolute Gasteiger partial charge is 0.493 e. The average Bonchev–Trinajstić information content (AvgIpc) is 3.74. The summed E-state index contributed by atoms with van der Waals surface area (Å²) in [4.78, 5) is 19.3. The van der Waals surface area contributed by atoms with Crippen molar-refractivity contribution in [1.29, 1.82) is 0 Å². The maximum atomic E-state index is 5.86. The van der Waals surface area contributed by atoms with E-state index in [1.807, 2.05) is 72.9 Å². The lowest BCUT2D eigenvalue weighted by Gasteiger charge is -2.20. The number of nitrogens with zero attached hydrogens (tertiary/aromatic N) is 4. The van der Waals surface area contributed by atoms with E-state index in [9.17, 15) is 0 Å². The molecule has 5 aliphatic rings. The highest BCUT2D eigenvalue weighted by Gasteiger charge is 2.28. The van der Waals surface area contributed by atoms with E-state index in [4.69, 9.17) is 38.9 Å². The summed E-state index contributed by atoms with van der Waals surface area (Å²) in [6, 6.07) is 1.86. The van der Waals surface area contributed by atoms with Crippen LogP contribution in [0, 0.1) is 0 Å². The molecule has 1 aromatic carbocycles. The summed E-state index contributed by atoms with van der Waals surface area (Å²) in [5.41, 5.74) is 7.73. The summed E-state index contributed by atoms with van der Waals surface area (Å²) in [5, 5.41) is 0. The van der Waals surface area contributed by atoms with Gasteiger partial charge in [0.2, 0.25) is 11.5 Å². The Labute approximate surface area is 220 Å². The van der Waals surface area contributed by atoms with Gasteiger partial charge in [0.05, 0.1) is 74.1 Å². The van der Waals surface area contributed by atoms with Crippen LogP contribution in [0.25, 0.3) is 5.57 Å². The number of fused-ring (bicyclic) bond motifs is 4. The van der Waals surface area contributed by atoms with Crippen LogP contribution in [0.4, 0.5) is 0 Å². The lowest BCUT2D eigenvalue weighted by molar-refractivity contribution is 0.305. The van der Waals surface area contributed by atoms with Gasteiger partial charge in [-0.25, -0.2) is 20.0 Å². The molecule has 0 unspecified atom stereocenters. The molecule has 1 aromatic rings. The van der Waals surface area contributed by atoms with Gasteiger partial charge in [0, 0.05) is 11.1 Å². The predicted molar refractivity (Wildman–Crippen MR) is 150 cm³/mol. The van der Waals surface area contributed by atoms with E-state index in [1.54, 1.807) is 28.4 Å². The van der Waals surface area contributed by atoms with Gasteiger partial charge in [0.25, 0.3) is 0 Å². The van der Waals surface area contributed by atoms with E-state index in [2.05, 4.69) is 0 Å². The second kappa shape index (κ2) is 9.48. The number of methoxy groups -OCH3 is 4. The first kappa shape index (κ1) is 23.4. The van der Waals surface area contributed by atoms with Crippen LogP contribution < -0.4 is 18.9 Å². The van der Waals surface area contributed by atoms with Crippen molar-refractivity contribution in [2.75, 3.05) is 28.4 Å². The zero-order valence-corrected chi connectivity index (χ0v) is 21.4. The molecule has 188 valence electrons. The summed E-state index contributed by atoms with van der Waals surface area (Å²) >= 11 is 0. The highest BCUT2D eigenvalue weighted by atomic mass is 16.5. The van der Waals surface area contributed by atoms with Crippen LogP contribution in [0.3, 0.4) is 0 Å². The second-order valence-corrected chi connectivity index (χ2v) is 8.63. The monoisotopic (exact) mass is 504 g/mol. The van der Waals surface area contributed by atoms with Gasteiger partial charge in [-0.2, -0.15) is 0 Å². The van der Waals surface area contributed by atoms with Crippen molar-refractivity contribution in [1.82, 2.24) is 0 Å². The molecule has 8 nitrogen and oxygen atoms in total. The van der Waals surface area contributed by atoms with Crippen LogP contribution >= 0.6 is 0 Å². The van der Waals surface area contributed by atoms with E-state index in [1.165, 1.54) is 0 Å². The minimum absolute atomic E-state index is 0.416. The number of hydrogen-bond acceptors (Lipinski definition) is 8. The topological polar surface area (TPSA) is 86.4 Å². The number of aliphatic imine (C=N–C) groups is 4. The SMILES string of the molecule is COc1cc(C2=C3C=CC(=N3)C=C3C=CC(=N3)C=C3C=CC(=N3)C=C3C=CC2=N3)c(OC)c(OC)c1OC. The molecule has 0 spiro atoms. The molecule has 38 heavy (non-hydrogen) atoms. The Morgan fingerprint density at radius 2 is 1.05 bits per heavy atom. The molecule has 0 saturated carbocycles. The molecule has 0 radical (unpaired) electrons. The van der Waals surface area contributed by atoms with Crippen molar-refractivity contribution in [3.8, 4) is 23.0 Å². The summed E-state index contributed by atoms with van der Waals surface area (Å²) in [5.74, 6) is 1.83. The Bertz CT molecular complexity index is 1640. The average molecular weight is 505 g/mol. The molecular formula is C30H24N4O4. The third-order valence-electron chi connectivity index (χ3n) is 6.35. The molecule has 6 rings (SSSR count). The quantitative estimate of drug-likeness (QED) is 0.556. The highest BCUT2D eigenvalue weighted by Crippen LogP contribution is 2.49. The maximum absolute atomic E-state index is 5.86. The first-order valence-electron chi connectivity index (χ1n) is 11.9. The normalized spacial score (nSPS) is 18.6. The van der Waals surface area contributed by atoms with Crippen LogP contribution in [0.2, 0.25) is 0 Å². The molecule has 0 N–H and O–H groups in total. The van der Waals surface area contributed by atoms with Crippen molar-refractivity contribution >= 4 is 28.4 Å². The van der Waals surface area contributed by atoms with Gasteiger partial charge in [-0.05, 0) is 72.9 Å². The first-order valence-corrected chi connectivity index (χ1v) is 11.9. The summed E-state index contributed by atoms with van der Waals surface area (Å²) < 4.78 is 22.8. The van der Waals surface area contributed by atoms with E-state index in [-0.39, 0.29) is 0 Å². The minimum Gasteiger partial charge on any atom is -0.493 e. The fraction of sp³-hybridized carbons (Fsp3) is 0.133. The Hall–Kier alpha value is -4.98. The summed E-state index contributed by atoms with van der Waals surface area (Å²) in [6.07, 6.45) is 21.5. The van der Waals surface area contributed by atoms with E-state index in [0.29, 0.717) is 40.0 Å². The highest BCUT2D eigenvalue weighted by molar-refractivity contribution is 6.33. The Morgan fingerprint density at radius 3 is 1.66 bits per heavy atom. The first-order chi connectivity index (χ1) is 18.6.